The minimum atomic E-state index is -0.754. The molecule has 0 heterocycles. The molecule has 0 aromatic heterocycles. The predicted octanol–water partition coefficient (Wildman–Crippen LogP) is 5.25. The van der Waals surface area contributed by atoms with Gasteiger partial charge in [0.25, 0.3) is 0 Å². The van der Waals surface area contributed by atoms with E-state index in [1.807, 2.05) is 0 Å². The third-order valence-corrected chi connectivity index (χ3v) is 4.92. The Labute approximate surface area is 120 Å². The molecule has 1 aromatic rings. The first-order valence-corrected chi connectivity index (χ1v) is 7.57. The van der Waals surface area contributed by atoms with Crippen molar-refractivity contribution in [2.45, 2.75) is 44.6 Å². The van der Waals surface area contributed by atoms with Crippen LogP contribution in [0.4, 0.5) is 4.39 Å². The monoisotopic (exact) mass is 334 g/mol. The smallest absolute Gasteiger partial charge is 0.130 e. The Morgan fingerprint density at radius 2 is 2.06 bits per heavy atom. The molecule has 1 saturated carbocycles. The van der Waals surface area contributed by atoms with Crippen LogP contribution >= 0.6 is 27.5 Å². The zero-order valence-corrected chi connectivity index (χ0v) is 12.5. The second-order valence-electron chi connectivity index (χ2n) is 5.03. The molecule has 1 aliphatic carbocycles. The lowest BCUT2D eigenvalue weighted by Gasteiger charge is -2.15. The van der Waals surface area contributed by atoms with E-state index < -0.39 is 11.9 Å². The molecule has 0 aliphatic heterocycles. The van der Waals surface area contributed by atoms with Gasteiger partial charge in [0.2, 0.25) is 0 Å². The van der Waals surface area contributed by atoms with Crippen molar-refractivity contribution >= 4 is 27.5 Å². The van der Waals surface area contributed by atoms with Crippen LogP contribution in [0.25, 0.3) is 0 Å². The highest BCUT2D eigenvalue weighted by Gasteiger charge is 2.19. The van der Waals surface area contributed by atoms with E-state index in [1.54, 1.807) is 0 Å². The molecule has 2 rings (SSSR count). The van der Waals surface area contributed by atoms with Gasteiger partial charge in [-0.25, -0.2) is 4.39 Å². The van der Waals surface area contributed by atoms with E-state index in [1.165, 1.54) is 37.8 Å². The summed E-state index contributed by atoms with van der Waals surface area (Å²) < 4.78 is 14.3. The van der Waals surface area contributed by atoms with Crippen LogP contribution in [-0.2, 0) is 0 Å². The molecular formula is C14H17BrClFO. The normalized spacial score (nSPS) is 18.2. The van der Waals surface area contributed by atoms with Crippen LogP contribution in [0, 0.1) is 11.7 Å². The first-order valence-electron chi connectivity index (χ1n) is 6.40. The molecule has 0 amide bonds. The Morgan fingerprint density at radius 3 is 2.72 bits per heavy atom. The fraction of sp³-hybridized carbons (Fsp3) is 0.571. The molecule has 1 N–H and O–H groups in total. The number of rotatable bonds is 4. The molecule has 1 nitrogen and oxygen atoms in total. The van der Waals surface area contributed by atoms with E-state index in [2.05, 4.69) is 15.9 Å². The second-order valence-corrected chi connectivity index (χ2v) is 6.29. The molecule has 1 aliphatic rings. The standard InChI is InChI=1S/C14H17BrClFO/c15-11-8-13(17)10(7-12(11)16)14(18)6-5-9-3-1-2-4-9/h7-9,14,18H,1-6H2. The number of hydrogen-bond donors (Lipinski definition) is 1. The summed E-state index contributed by atoms with van der Waals surface area (Å²) in [5.41, 5.74) is 0.307. The van der Waals surface area contributed by atoms with Crippen molar-refractivity contribution in [2.24, 2.45) is 5.92 Å². The minimum absolute atomic E-state index is 0.307. The van der Waals surface area contributed by atoms with Crippen LogP contribution < -0.4 is 0 Å². The van der Waals surface area contributed by atoms with E-state index in [4.69, 9.17) is 11.6 Å². The fourth-order valence-electron chi connectivity index (χ4n) is 2.64. The summed E-state index contributed by atoms with van der Waals surface area (Å²) in [5.74, 6) is 0.304. The van der Waals surface area contributed by atoms with Crippen molar-refractivity contribution in [1.29, 1.82) is 0 Å². The van der Waals surface area contributed by atoms with Crippen molar-refractivity contribution in [3.8, 4) is 0 Å². The van der Waals surface area contributed by atoms with Gasteiger partial charge in [0.15, 0.2) is 0 Å². The maximum Gasteiger partial charge on any atom is 0.130 e. The third-order valence-electron chi connectivity index (χ3n) is 3.72. The molecule has 18 heavy (non-hydrogen) atoms. The zero-order chi connectivity index (χ0) is 13.1. The minimum Gasteiger partial charge on any atom is -0.388 e. The average Bonchev–Trinajstić information content (AvgIpc) is 2.84. The van der Waals surface area contributed by atoms with Crippen molar-refractivity contribution in [3.63, 3.8) is 0 Å². The van der Waals surface area contributed by atoms with Crippen LogP contribution in [0.3, 0.4) is 0 Å². The highest BCUT2D eigenvalue weighted by Crippen LogP contribution is 2.34. The van der Waals surface area contributed by atoms with Crippen molar-refractivity contribution < 1.29 is 9.50 Å². The fourth-order valence-corrected chi connectivity index (χ4v) is 3.13. The lowest BCUT2D eigenvalue weighted by Crippen LogP contribution is -2.04. The Kier molecular flexibility index (Phi) is 5.05. The summed E-state index contributed by atoms with van der Waals surface area (Å²) in [6, 6.07) is 2.83. The van der Waals surface area contributed by atoms with Crippen LogP contribution in [0.1, 0.15) is 50.2 Å². The molecule has 1 unspecified atom stereocenters. The van der Waals surface area contributed by atoms with Gasteiger partial charge in [-0.05, 0) is 46.8 Å². The number of aliphatic hydroxyl groups excluding tert-OH is 1. The highest BCUT2D eigenvalue weighted by molar-refractivity contribution is 9.10. The van der Waals surface area contributed by atoms with Gasteiger partial charge < -0.3 is 5.11 Å². The average molecular weight is 336 g/mol. The topological polar surface area (TPSA) is 20.2 Å². The van der Waals surface area contributed by atoms with E-state index in [-0.39, 0.29) is 0 Å². The molecule has 4 heteroatoms. The molecule has 0 radical (unpaired) electrons. The SMILES string of the molecule is OC(CCC1CCCC1)c1cc(Cl)c(Br)cc1F. The summed E-state index contributed by atoms with van der Waals surface area (Å²) in [5, 5.41) is 10.5. The Hall–Kier alpha value is -0.120. The summed E-state index contributed by atoms with van der Waals surface area (Å²) in [6.07, 6.45) is 5.90. The number of aliphatic hydroxyl groups is 1. The third kappa shape index (κ3) is 3.46. The van der Waals surface area contributed by atoms with Crippen LogP contribution in [0.15, 0.2) is 16.6 Å². The van der Waals surface area contributed by atoms with Crippen molar-refractivity contribution in [1.82, 2.24) is 0 Å². The first-order chi connectivity index (χ1) is 8.58. The molecule has 0 spiro atoms. The van der Waals surface area contributed by atoms with Crippen molar-refractivity contribution in [2.75, 3.05) is 0 Å². The maximum absolute atomic E-state index is 13.7. The van der Waals surface area contributed by atoms with Gasteiger partial charge >= 0.3 is 0 Å². The number of hydrogen-bond acceptors (Lipinski definition) is 1. The molecular weight excluding hydrogens is 319 g/mol. The summed E-state index contributed by atoms with van der Waals surface area (Å²) >= 11 is 9.10. The zero-order valence-electron chi connectivity index (χ0n) is 10.1. The highest BCUT2D eigenvalue weighted by atomic mass is 79.9. The summed E-state index contributed by atoms with van der Waals surface area (Å²) in [6.45, 7) is 0. The van der Waals surface area contributed by atoms with Gasteiger partial charge in [-0.1, -0.05) is 37.3 Å². The molecule has 0 bridgehead atoms. The molecule has 1 fully saturated rings. The lowest BCUT2D eigenvalue weighted by atomic mass is 9.96. The van der Waals surface area contributed by atoms with Crippen LogP contribution in [0.2, 0.25) is 5.02 Å². The largest absolute Gasteiger partial charge is 0.388 e. The van der Waals surface area contributed by atoms with Gasteiger partial charge in [0, 0.05) is 10.0 Å². The predicted molar refractivity (Wildman–Crippen MR) is 75.3 cm³/mol. The quantitative estimate of drug-likeness (QED) is 0.745. The second kappa shape index (κ2) is 6.36. The summed E-state index contributed by atoms with van der Waals surface area (Å²) in [4.78, 5) is 0. The van der Waals surface area contributed by atoms with Crippen LogP contribution in [-0.4, -0.2) is 5.11 Å². The van der Waals surface area contributed by atoms with Gasteiger partial charge in [0.1, 0.15) is 5.82 Å². The van der Waals surface area contributed by atoms with Gasteiger partial charge in [-0.15, -0.1) is 0 Å². The van der Waals surface area contributed by atoms with Crippen molar-refractivity contribution in [3.05, 3.63) is 33.0 Å². The molecule has 1 aromatic carbocycles. The Bertz CT molecular complexity index is 419. The molecule has 100 valence electrons. The maximum atomic E-state index is 13.7. The van der Waals surface area contributed by atoms with E-state index in [0.29, 0.717) is 27.4 Å². The van der Waals surface area contributed by atoms with Gasteiger partial charge in [-0.2, -0.15) is 0 Å². The lowest BCUT2D eigenvalue weighted by molar-refractivity contribution is 0.152. The number of benzene rings is 1. The van der Waals surface area contributed by atoms with E-state index >= 15 is 0 Å². The van der Waals surface area contributed by atoms with E-state index in [0.717, 1.165) is 6.42 Å². The van der Waals surface area contributed by atoms with Gasteiger partial charge in [-0.3, -0.25) is 0 Å². The first kappa shape index (κ1) is 14.3. The number of halogens is 3. The summed E-state index contributed by atoms with van der Waals surface area (Å²) in [7, 11) is 0. The molecule has 1 atom stereocenters. The van der Waals surface area contributed by atoms with E-state index in [9.17, 15) is 9.50 Å². The van der Waals surface area contributed by atoms with Gasteiger partial charge in [0.05, 0.1) is 11.1 Å². The Balaban J connectivity index is 1.99. The molecule has 0 saturated heterocycles. The Morgan fingerprint density at radius 1 is 1.39 bits per heavy atom. The van der Waals surface area contributed by atoms with Crippen LogP contribution in [0.5, 0.6) is 0 Å².